The molecule has 262 valence electrons. The van der Waals surface area contributed by atoms with Gasteiger partial charge in [0.25, 0.3) is 0 Å². The summed E-state index contributed by atoms with van der Waals surface area (Å²) in [5.41, 5.74) is 3.13. The number of aliphatic hydroxyl groups is 3. The van der Waals surface area contributed by atoms with E-state index >= 15 is 0 Å². The zero-order valence-corrected chi connectivity index (χ0v) is 28.4. The summed E-state index contributed by atoms with van der Waals surface area (Å²) in [6.45, 7) is 5.88. The Balaban J connectivity index is 1.20. The third-order valence-electron chi connectivity index (χ3n) is 9.73. The van der Waals surface area contributed by atoms with Gasteiger partial charge in [0.2, 0.25) is 0 Å². The van der Waals surface area contributed by atoms with Crippen molar-refractivity contribution in [3.8, 4) is 5.75 Å². The average Bonchev–Trinajstić information content (AvgIpc) is 3.11. The van der Waals surface area contributed by atoms with Crippen LogP contribution in [0.5, 0.6) is 5.75 Å². The minimum Gasteiger partial charge on any atom is -0.497 e. The molecule has 5 rings (SSSR count). The maximum Gasteiger partial charge on any atom is 0.197 e. The highest BCUT2D eigenvalue weighted by Crippen LogP contribution is 2.40. The molecule has 0 unspecified atom stereocenters. The lowest BCUT2D eigenvalue weighted by molar-refractivity contribution is -0.347. The predicted molar refractivity (Wildman–Crippen MR) is 181 cm³/mol. The van der Waals surface area contributed by atoms with Crippen LogP contribution >= 0.6 is 0 Å². The Morgan fingerprint density at radius 3 is 2.10 bits per heavy atom. The minimum absolute atomic E-state index is 0.120. The molecule has 0 spiro atoms. The first-order chi connectivity index (χ1) is 23.3. The fraction of sp³-hybridized carbons (Fsp3) is 0.538. The van der Waals surface area contributed by atoms with Crippen molar-refractivity contribution in [3.63, 3.8) is 0 Å². The number of benzene rings is 3. The molecule has 2 aliphatic rings. The van der Waals surface area contributed by atoms with Crippen LogP contribution in [0.15, 0.2) is 84.9 Å². The van der Waals surface area contributed by atoms with E-state index in [1.807, 2.05) is 98.8 Å². The normalized spacial score (nSPS) is 29.8. The molecule has 3 aromatic carbocycles. The molecule has 2 saturated heterocycles. The van der Waals surface area contributed by atoms with Crippen LogP contribution < -0.4 is 4.74 Å². The Morgan fingerprint density at radius 1 is 0.812 bits per heavy atom. The molecule has 0 aliphatic carbocycles. The first kappa shape index (κ1) is 36.4. The summed E-state index contributed by atoms with van der Waals surface area (Å²) >= 11 is 0. The second-order valence-electron chi connectivity index (χ2n) is 13.2. The molecular weight excluding hydrogens is 612 g/mol. The lowest BCUT2D eigenvalue weighted by Gasteiger charge is -2.50. The molecule has 3 aromatic rings. The average molecular weight is 665 g/mol. The highest BCUT2D eigenvalue weighted by molar-refractivity contribution is 5.26. The largest absolute Gasteiger partial charge is 0.497 e. The van der Waals surface area contributed by atoms with E-state index < -0.39 is 42.4 Å². The van der Waals surface area contributed by atoms with Gasteiger partial charge in [0.1, 0.15) is 18.0 Å². The predicted octanol–water partition coefficient (Wildman–Crippen LogP) is 5.42. The quantitative estimate of drug-likeness (QED) is 0.173. The number of rotatable bonds is 16. The molecule has 3 N–H and O–H groups in total. The Bertz CT molecular complexity index is 1340. The first-order valence-corrected chi connectivity index (χ1v) is 17.2. The molecule has 0 bridgehead atoms. The van der Waals surface area contributed by atoms with Crippen LogP contribution in [0.1, 0.15) is 56.2 Å². The first-order valence-electron chi connectivity index (χ1n) is 17.2. The van der Waals surface area contributed by atoms with Gasteiger partial charge in [0, 0.05) is 24.9 Å². The van der Waals surface area contributed by atoms with Gasteiger partial charge >= 0.3 is 0 Å². The highest BCUT2D eigenvalue weighted by atomic mass is 16.7. The standard InChI is InChI=1S/C39H52O9/c1-27-33(40)22-39(42,48-34(27)16-10-11-21-44-23-29-12-6-4-7-13-29)38(41)37-28(2)36(46-25-30-14-8-5-9-15-30)35(26-47-37)45-24-31-17-19-32(43-3)20-18-31/h4-9,12-15,17-20,27-28,33-38,40-42H,10-11,16,21-26H2,1-3H3/t27-,28-,33+,34-,35+,36-,37-,38+,39-/m1/s1. The van der Waals surface area contributed by atoms with E-state index in [9.17, 15) is 15.3 Å². The number of unbranched alkanes of at least 4 members (excludes halogenated alkanes) is 1. The monoisotopic (exact) mass is 664 g/mol. The topological polar surface area (TPSA) is 116 Å². The van der Waals surface area contributed by atoms with Crippen molar-refractivity contribution in [1.82, 2.24) is 0 Å². The molecule has 48 heavy (non-hydrogen) atoms. The van der Waals surface area contributed by atoms with Gasteiger partial charge in [-0.15, -0.1) is 0 Å². The van der Waals surface area contributed by atoms with Crippen LogP contribution in [0.3, 0.4) is 0 Å². The van der Waals surface area contributed by atoms with Crippen LogP contribution in [0.4, 0.5) is 0 Å². The minimum atomic E-state index is -1.99. The molecule has 0 amide bonds. The van der Waals surface area contributed by atoms with Crippen LogP contribution in [0, 0.1) is 11.8 Å². The van der Waals surface area contributed by atoms with E-state index in [1.54, 1.807) is 7.11 Å². The number of ether oxygens (including phenoxy) is 6. The molecule has 2 aliphatic heterocycles. The molecule has 2 fully saturated rings. The second-order valence-corrected chi connectivity index (χ2v) is 13.2. The zero-order valence-electron chi connectivity index (χ0n) is 28.4. The van der Waals surface area contributed by atoms with Gasteiger partial charge in [0.05, 0.1) is 58.0 Å². The van der Waals surface area contributed by atoms with E-state index in [1.165, 1.54) is 0 Å². The molecular formula is C39H52O9. The zero-order chi connectivity index (χ0) is 33.9. The SMILES string of the molecule is COc1ccc(CO[C@H]2CO[C@@H]([C@H](O)[C@@]3(O)C[C@H](O)[C@@H](C)[C@@H](CCCCOCc4ccccc4)O3)[C@H](C)[C@H]2OCc2ccccc2)cc1. The van der Waals surface area contributed by atoms with Crippen molar-refractivity contribution in [2.75, 3.05) is 20.3 Å². The maximum absolute atomic E-state index is 11.8. The van der Waals surface area contributed by atoms with E-state index in [0.29, 0.717) is 32.8 Å². The molecule has 0 radical (unpaired) electrons. The van der Waals surface area contributed by atoms with Crippen molar-refractivity contribution in [2.45, 2.75) is 102 Å². The fourth-order valence-corrected chi connectivity index (χ4v) is 6.68. The second kappa shape index (κ2) is 17.7. The summed E-state index contributed by atoms with van der Waals surface area (Å²) in [7, 11) is 1.63. The Hall–Kier alpha value is -2.86. The number of methoxy groups -OCH3 is 1. The summed E-state index contributed by atoms with van der Waals surface area (Å²) in [5, 5.41) is 34.5. The van der Waals surface area contributed by atoms with Crippen molar-refractivity contribution >= 4 is 0 Å². The van der Waals surface area contributed by atoms with E-state index in [-0.39, 0.29) is 24.9 Å². The van der Waals surface area contributed by atoms with Crippen LogP contribution in [0.25, 0.3) is 0 Å². The van der Waals surface area contributed by atoms with Gasteiger partial charge < -0.3 is 43.7 Å². The molecule has 9 nitrogen and oxygen atoms in total. The summed E-state index contributed by atoms with van der Waals surface area (Å²) < 4.78 is 36.4. The van der Waals surface area contributed by atoms with Gasteiger partial charge in [-0.1, -0.05) is 86.6 Å². The van der Waals surface area contributed by atoms with Crippen molar-refractivity contribution < 1.29 is 43.7 Å². The van der Waals surface area contributed by atoms with Crippen LogP contribution in [-0.2, 0) is 43.5 Å². The van der Waals surface area contributed by atoms with Gasteiger partial charge in [-0.3, -0.25) is 0 Å². The van der Waals surface area contributed by atoms with Gasteiger partial charge in [0.15, 0.2) is 5.79 Å². The van der Waals surface area contributed by atoms with Gasteiger partial charge in [-0.2, -0.15) is 0 Å². The number of hydrogen-bond acceptors (Lipinski definition) is 9. The molecule has 9 heteroatoms. The van der Waals surface area contributed by atoms with Crippen molar-refractivity contribution in [3.05, 3.63) is 102 Å². The van der Waals surface area contributed by atoms with E-state index in [0.717, 1.165) is 35.3 Å². The van der Waals surface area contributed by atoms with Crippen LogP contribution in [-0.4, -0.2) is 78.1 Å². The van der Waals surface area contributed by atoms with E-state index in [4.69, 9.17) is 28.4 Å². The summed E-state index contributed by atoms with van der Waals surface area (Å²) in [6.07, 6.45) is -2.27. The third kappa shape index (κ3) is 9.64. The molecule has 9 atom stereocenters. The summed E-state index contributed by atoms with van der Waals surface area (Å²) in [6, 6.07) is 27.6. The summed E-state index contributed by atoms with van der Waals surface area (Å²) in [4.78, 5) is 0. The van der Waals surface area contributed by atoms with Crippen LogP contribution in [0.2, 0.25) is 0 Å². The number of aliphatic hydroxyl groups excluding tert-OH is 2. The van der Waals surface area contributed by atoms with Gasteiger partial charge in [-0.25, -0.2) is 0 Å². The number of hydrogen-bond donors (Lipinski definition) is 3. The molecule has 0 aromatic heterocycles. The van der Waals surface area contributed by atoms with Crippen molar-refractivity contribution in [1.29, 1.82) is 0 Å². The Morgan fingerprint density at radius 2 is 1.44 bits per heavy atom. The lowest BCUT2D eigenvalue weighted by atomic mass is 9.80. The molecule has 2 heterocycles. The smallest absolute Gasteiger partial charge is 0.197 e. The Labute approximate surface area is 284 Å². The highest BCUT2D eigenvalue weighted by Gasteiger charge is 2.54. The van der Waals surface area contributed by atoms with Gasteiger partial charge in [-0.05, 0) is 48.1 Å². The Kier molecular flexibility index (Phi) is 13.4. The van der Waals surface area contributed by atoms with E-state index in [2.05, 4.69) is 0 Å². The fourth-order valence-electron chi connectivity index (χ4n) is 6.68. The lowest BCUT2D eigenvalue weighted by Crippen LogP contribution is -2.64. The maximum atomic E-state index is 11.8. The third-order valence-corrected chi connectivity index (χ3v) is 9.73. The van der Waals surface area contributed by atoms with Crippen molar-refractivity contribution in [2.24, 2.45) is 11.8 Å². The molecule has 0 saturated carbocycles. The summed E-state index contributed by atoms with van der Waals surface area (Å²) in [5.74, 6) is -1.79.